The molecule has 0 amide bonds. The second kappa shape index (κ2) is 1.37. The first-order chi connectivity index (χ1) is 4.38. The number of aromatic nitrogens is 3. The van der Waals surface area contributed by atoms with E-state index in [2.05, 4.69) is 4.98 Å². The van der Waals surface area contributed by atoms with Crippen LogP contribution in [0.5, 0.6) is 0 Å². The minimum absolute atomic E-state index is 0.998. The highest BCUT2D eigenvalue weighted by Crippen LogP contribution is 1.97. The number of hydrogen-bond acceptors (Lipinski definition) is 1. The van der Waals surface area contributed by atoms with E-state index in [4.69, 9.17) is 0 Å². The van der Waals surface area contributed by atoms with Crippen LogP contribution in [0.3, 0.4) is 0 Å². The van der Waals surface area contributed by atoms with Crippen LogP contribution in [0, 0.1) is 0 Å². The number of imidazole rings is 1. The Morgan fingerprint density at radius 1 is 1.44 bits per heavy atom. The first kappa shape index (κ1) is 4.61. The van der Waals surface area contributed by atoms with E-state index in [1.807, 2.05) is 34.7 Å². The molecule has 0 radical (unpaired) electrons. The number of fused-ring (bicyclic) bond motifs is 1. The SMILES string of the molecule is Cn1ccc2nccn21. The Morgan fingerprint density at radius 3 is 3.11 bits per heavy atom. The molecule has 2 heterocycles. The summed E-state index contributed by atoms with van der Waals surface area (Å²) in [6, 6.07) is 1.97. The van der Waals surface area contributed by atoms with Gasteiger partial charge in [-0.05, 0) is 0 Å². The van der Waals surface area contributed by atoms with Crippen LogP contribution < -0.4 is 0 Å². The van der Waals surface area contributed by atoms with Crippen molar-refractivity contribution in [1.29, 1.82) is 0 Å². The molecule has 3 heteroatoms. The van der Waals surface area contributed by atoms with Gasteiger partial charge < -0.3 is 0 Å². The third-order valence-corrected chi connectivity index (χ3v) is 1.43. The molecule has 0 N–H and O–H groups in total. The second-order valence-electron chi connectivity index (χ2n) is 2.02. The molecular formula is C6H7N3. The largest absolute Gasteiger partial charge is 0.290 e. The van der Waals surface area contributed by atoms with Gasteiger partial charge in [-0.3, -0.25) is 4.68 Å². The molecule has 0 aliphatic rings. The highest BCUT2D eigenvalue weighted by atomic mass is 15.4. The fraction of sp³-hybridized carbons (Fsp3) is 0.167. The topological polar surface area (TPSA) is 22.2 Å². The zero-order valence-corrected chi connectivity index (χ0v) is 5.15. The van der Waals surface area contributed by atoms with Gasteiger partial charge in [0, 0.05) is 31.7 Å². The van der Waals surface area contributed by atoms with E-state index in [-0.39, 0.29) is 0 Å². The summed E-state index contributed by atoms with van der Waals surface area (Å²) in [5.74, 6) is 0. The maximum atomic E-state index is 4.08. The van der Waals surface area contributed by atoms with Gasteiger partial charge in [-0.25, -0.2) is 9.50 Å². The highest BCUT2D eigenvalue weighted by Gasteiger charge is 1.92. The van der Waals surface area contributed by atoms with Crippen molar-refractivity contribution >= 4 is 5.65 Å². The summed E-state index contributed by atoms with van der Waals surface area (Å²) in [5.41, 5.74) is 0.998. The van der Waals surface area contributed by atoms with Crippen LogP contribution in [0.4, 0.5) is 0 Å². The van der Waals surface area contributed by atoms with Gasteiger partial charge in [0.1, 0.15) is 0 Å². The first-order valence-corrected chi connectivity index (χ1v) is 2.82. The van der Waals surface area contributed by atoms with E-state index in [9.17, 15) is 0 Å². The van der Waals surface area contributed by atoms with Crippen molar-refractivity contribution in [2.75, 3.05) is 0 Å². The minimum Gasteiger partial charge on any atom is -0.290 e. The molecule has 46 valence electrons. The molecule has 3 nitrogen and oxygen atoms in total. The van der Waals surface area contributed by atoms with Crippen LogP contribution in [0.15, 0.2) is 24.7 Å². The number of rotatable bonds is 0. The van der Waals surface area contributed by atoms with E-state index in [1.54, 1.807) is 6.20 Å². The molecule has 2 aromatic heterocycles. The van der Waals surface area contributed by atoms with Gasteiger partial charge in [0.2, 0.25) is 0 Å². The van der Waals surface area contributed by atoms with Crippen molar-refractivity contribution in [3.05, 3.63) is 24.7 Å². The normalized spacial score (nSPS) is 10.8. The Kier molecular flexibility index (Phi) is 0.704. The minimum atomic E-state index is 0.998. The van der Waals surface area contributed by atoms with Gasteiger partial charge in [0.15, 0.2) is 5.65 Å². The zero-order valence-electron chi connectivity index (χ0n) is 5.15. The third-order valence-electron chi connectivity index (χ3n) is 1.43. The molecule has 0 saturated carbocycles. The Labute approximate surface area is 52.5 Å². The lowest BCUT2D eigenvalue weighted by Gasteiger charge is -1.90. The van der Waals surface area contributed by atoms with Gasteiger partial charge in [-0.15, -0.1) is 0 Å². The third kappa shape index (κ3) is 0.483. The summed E-state index contributed by atoms with van der Waals surface area (Å²) in [6.07, 6.45) is 5.69. The van der Waals surface area contributed by atoms with Crippen molar-refractivity contribution in [2.45, 2.75) is 0 Å². The fourth-order valence-corrected chi connectivity index (χ4v) is 0.941. The molecule has 0 saturated heterocycles. The van der Waals surface area contributed by atoms with E-state index < -0.39 is 0 Å². The molecule has 0 fully saturated rings. The van der Waals surface area contributed by atoms with Crippen molar-refractivity contribution in [1.82, 2.24) is 14.2 Å². The van der Waals surface area contributed by atoms with Gasteiger partial charge >= 0.3 is 0 Å². The van der Waals surface area contributed by atoms with Crippen molar-refractivity contribution < 1.29 is 0 Å². The lowest BCUT2D eigenvalue weighted by Crippen LogP contribution is -1.93. The van der Waals surface area contributed by atoms with Gasteiger partial charge in [-0.2, -0.15) is 0 Å². The summed E-state index contributed by atoms with van der Waals surface area (Å²) in [7, 11) is 1.98. The van der Waals surface area contributed by atoms with E-state index in [0.29, 0.717) is 0 Å². The molecule has 0 atom stereocenters. The molecule has 2 rings (SSSR count). The van der Waals surface area contributed by atoms with Crippen LogP contribution in [-0.2, 0) is 7.05 Å². The molecule has 2 aromatic rings. The molecule has 0 aromatic carbocycles. The Balaban J connectivity index is 2.99. The molecule has 0 aliphatic carbocycles. The Morgan fingerprint density at radius 2 is 2.33 bits per heavy atom. The quantitative estimate of drug-likeness (QED) is 0.502. The predicted molar refractivity (Wildman–Crippen MR) is 34.2 cm³/mol. The Bertz CT molecular complexity index is 317. The van der Waals surface area contributed by atoms with Crippen molar-refractivity contribution in [3.63, 3.8) is 0 Å². The molecule has 0 bridgehead atoms. The standard InChI is InChI=1S/C6H7N3/c1-8-4-2-6-7-3-5-9(6)8/h2-5H,1H3. The summed E-state index contributed by atoms with van der Waals surface area (Å²) < 4.78 is 3.95. The van der Waals surface area contributed by atoms with Crippen LogP contribution in [-0.4, -0.2) is 14.2 Å². The molecule has 9 heavy (non-hydrogen) atoms. The van der Waals surface area contributed by atoms with Crippen LogP contribution in [0.25, 0.3) is 5.65 Å². The maximum absolute atomic E-state index is 4.08. The van der Waals surface area contributed by atoms with Crippen molar-refractivity contribution in [2.24, 2.45) is 7.05 Å². The van der Waals surface area contributed by atoms with Crippen molar-refractivity contribution in [3.8, 4) is 0 Å². The van der Waals surface area contributed by atoms with Gasteiger partial charge in [0.05, 0.1) is 0 Å². The lowest BCUT2D eigenvalue weighted by atomic mass is 10.7. The van der Waals surface area contributed by atoms with E-state index >= 15 is 0 Å². The summed E-state index contributed by atoms with van der Waals surface area (Å²) >= 11 is 0. The summed E-state index contributed by atoms with van der Waals surface area (Å²) in [4.78, 5) is 4.08. The average molecular weight is 121 g/mol. The summed E-state index contributed by atoms with van der Waals surface area (Å²) in [5, 5.41) is 0. The fourth-order valence-electron chi connectivity index (χ4n) is 0.941. The van der Waals surface area contributed by atoms with Gasteiger partial charge in [-0.1, -0.05) is 0 Å². The monoisotopic (exact) mass is 121 g/mol. The maximum Gasteiger partial charge on any atom is 0.152 e. The lowest BCUT2D eigenvalue weighted by molar-refractivity contribution is 0.708. The summed E-state index contributed by atoms with van der Waals surface area (Å²) in [6.45, 7) is 0. The molecule has 0 spiro atoms. The first-order valence-electron chi connectivity index (χ1n) is 2.82. The highest BCUT2D eigenvalue weighted by molar-refractivity contribution is 5.35. The smallest absolute Gasteiger partial charge is 0.152 e. The zero-order chi connectivity index (χ0) is 6.27. The second-order valence-corrected chi connectivity index (χ2v) is 2.02. The van der Waals surface area contributed by atoms with Crippen LogP contribution in [0.2, 0.25) is 0 Å². The predicted octanol–water partition coefficient (Wildman–Crippen LogP) is 0.673. The van der Waals surface area contributed by atoms with Crippen LogP contribution in [0.1, 0.15) is 0 Å². The number of aryl methyl sites for hydroxylation is 1. The Hall–Kier alpha value is -1.25. The molecule has 0 unspecified atom stereocenters. The van der Waals surface area contributed by atoms with E-state index in [1.165, 1.54) is 0 Å². The number of hydrogen-bond donors (Lipinski definition) is 0. The van der Waals surface area contributed by atoms with E-state index in [0.717, 1.165) is 5.65 Å². The average Bonchev–Trinajstić information content (AvgIpc) is 2.35. The molecule has 0 aliphatic heterocycles. The number of nitrogens with zero attached hydrogens (tertiary/aromatic N) is 3. The molecular weight excluding hydrogens is 114 g/mol. The van der Waals surface area contributed by atoms with Crippen LogP contribution >= 0.6 is 0 Å². The van der Waals surface area contributed by atoms with Gasteiger partial charge in [0.25, 0.3) is 0 Å².